The highest BCUT2D eigenvalue weighted by Gasteiger charge is 2.37. The van der Waals surface area contributed by atoms with Crippen molar-refractivity contribution < 1.29 is 19.0 Å². The first-order valence-corrected chi connectivity index (χ1v) is 7.09. The van der Waals surface area contributed by atoms with E-state index in [1.54, 1.807) is 11.9 Å². The van der Waals surface area contributed by atoms with Gasteiger partial charge in [0.2, 0.25) is 12.7 Å². The van der Waals surface area contributed by atoms with E-state index in [2.05, 4.69) is 0 Å². The molecule has 2 heterocycles. The molecule has 0 aromatic heterocycles. The smallest absolute Gasteiger partial charge is 0.242 e. The van der Waals surface area contributed by atoms with E-state index in [4.69, 9.17) is 19.9 Å². The number of halogens is 1. The summed E-state index contributed by atoms with van der Waals surface area (Å²) in [5.74, 6) is 1.43. The molecule has 2 N–H and O–H groups in total. The minimum Gasteiger partial charge on any atom is -0.454 e. The maximum atomic E-state index is 12.5. The van der Waals surface area contributed by atoms with Crippen LogP contribution in [0.4, 0.5) is 0 Å². The molecule has 1 fully saturated rings. The maximum absolute atomic E-state index is 12.5. The third-order valence-electron chi connectivity index (χ3n) is 4.01. The van der Waals surface area contributed by atoms with E-state index in [0.717, 1.165) is 17.1 Å². The first kappa shape index (κ1) is 16.9. The van der Waals surface area contributed by atoms with Crippen LogP contribution in [0.3, 0.4) is 0 Å². The van der Waals surface area contributed by atoms with Crippen LogP contribution in [-0.4, -0.2) is 43.4 Å². The third-order valence-corrected chi connectivity index (χ3v) is 4.01. The zero-order valence-corrected chi connectivity index (χ0v) is 13.4. The van der Waals surface area contributed by atoms with Crippen LogP contribution in [0.25, 0.3) is 0 Å². The van der Waals surface area contributed by atoms with Gasteiger partial charge in [0.05, 0.1) is 5.54 Å². The molecular weight excluding hydrogens is 308 g/mol. The predicted molar refractivity (Wildman–Crippen MR) is 83.3 cm³/mol. The van der Waals surface area contributed by atoms with Crippen molar-refractivity contribution in [2.75, 3.05) is 27.1 Å². The molecule has 0 saturated carbocycles. The van der Waals surface area contributed by atoms with Crippen LogP contribution >= 0.6 is 12.4 Å². The molecule has 0 aliphatic carbocycles. The molecule has 2 aliphatic rings. The Bertz CT molecular complexity index is 546. The predicted octanol–water partition coefficient (Wildman–Crippen LogP) is 1.30. The van der Waals surface area contributed by atoms with Crippen molar-refractivity contribution in [3.63, 3.8) is 0 Å². The standard InChI is InChI=1S/C15H20N2O4.ClH/c1-17(14(18)15(16)4-6-19-7-5-15)9-11-2-3-12-13(8-11)21-10-20-12;/h2-3,8H,4-7,9-10,16H2,1H3;1H. The molecule has 0 spiro atoms. The van der Waals surface area contributed by atoms with Gasteiger partial charge in [-0.1, -0.05) is 6.07 Å². The number of ether oxygens (including phenoxy) is 3. The van der Waals surface area contributed by atoms with Gasteiger partial charge >= 0.3 is 0 Å². The van der Waals surface area contributed by atoms with Gasteiger partial charge in [0.1, 0.15) is 0 Å². The molecule has 1 aromatic carbocycles. The van der Waals surface area contributed by atoms with Gasteiger partial charge in [-0.05, 0) is 30.5 Å². The summed E-state index contributed by atoms with van der Waals surface area (Å²) < 4.78 is 15.9. The Labute approximate surface area is 135 Å². The molecule has 3 rings (SSSR count). The number of carbonyl (C=O) groups excluding carboxylic acids is 1. The Morgan fingerprint density at radius 3 is 2.68 bits per heavy atom. The van der Waals surface area contributed by atoms with E-state index in [-0.39, 0.29) is 25.1 Å². The molecule has 22 heavy (non-hydrogen) atoms. The highest BCUT2D eigenvalue weighted by molar-refractivity contribution is 5.86. The van der Waals surface area contributed by atoms with E-state index in [9.17, 15) is 4.79 Å². The number of carbonyl (C=O) groups is 1. The molecule has 1 saturated heterocycles. The van der Waals surface area contributed by atoms with E-state index < -0.39 is 5.54 Å². The highest BCUT2D eigenvalue weighted by atomic mass is 35.5. The van der Waals surface area contributed by atoms with Gasteiger partial charge in [-0.3, -0.25) is 4.79 Å². The normalized spacial score (nSPS) is 18.5. The highest BCUT2D eigenvalue weighted by Crippen LogP contribution is 2.33. The Morgan fingerprint density at radius 1 is 1.27 bits per heavy atom. The van der Waals surface area contributed by atoms with Crippen molar-refractivity contribution >= 4 is 18.3 Å². The van der Waals surface area contributed by atoms with Gasteiger partial charge in [-0.2, -0.15) is 0 Å². The van der Waals surface area contributed by atoms with Crippen molar-refractivity contribution in [1.82, 2.24) is 4.90 Å². The molecule has 1 aromatic rings. The number of rotatable bonds is 3. The van der Waals surface area contributed by atoms with Crippen LogP contribution < -0.4 is 15.2 Å². The van der Waals surface area contributed by atoms with Gasteiger partial charge in [-0.15, -0.1) is 12.4 Å². The average molecular weight is 329 g/mol. The molecule has 1 amide bonds. The molecule has 2 aliphatic heterocycles. The Kier molecular flexibility index (Phi) is 5.16. The molecule has 0 unspecified atom stereocenters. The van der Waals surface area contributed by atoms with Crippen LogP contribution in [0.5, 0.6) is 11.5 Å². The summed E-state index contributed by atoms with van der Waals surface area (Å²) in [5, 5.41) is 0. The Balaban J connectivity index is 0.00000176. The first-order valence-electron chi connectivity index (χ1n) is 7.09. The summed E-state index contributed by atoms with van der Waals surface area (Å²) in [7, 11) is 1.77. The van der Waals surface area contributed by atoms with Gasteiger partial charge in [-0.25, -0.2) is 0 Å². The number of fused-ring (bicyclic) bond motifs is 1. The minimum absolute atomic E-state index is 0. The number of likely N-dealkylation sites (N-methyl/N-ethyl adjacent to an activating group) is 1. The summed E-state index contributed by atoms with van der Waals surface area (Å²) in [4.78, 5) is 14.2. The fourth-order valence-corrected chi connectivity index (χ4v) is 2.71. The summed E-state index contributed by atoms with van der Waals surface area (Å²) in [6, 6.07) is 5.70. The Morgan fingerprint density at radius 2 is 1.95 bits per heavy atom. The lowest BCUT2D eigenvalue weighted by molar-refractivity contribution is -0.139. The van der Waals surface area contributed by atoms with Crippen molar-refractivity contribution in [2.24, 2.45) is 5.73 Å². The van der Waals surface area contributed by atoms with Gasteiger partial charge in [0.15, 0.2) is 11.5 Å². The second kappa shape index (κ2) is 6.73. The second-order valence-corrected chi connectivity index (χ2v) is 5.62. The maximum Gasteiger partial charge on any atom is 0.242 e. The molecular formula is C15H21ClN2O4. The van der Waals surface area contributed by atoms with E-state index >= 15 is 0 Å². The van der Waals surface area contributed by atoms with Gasteiger partial charge < -0.3 is 24.8 Å². The van der Waals surface area contributed by atoms with E-state index in [1.165, 1.54) is 0 Å². The number of nitrogens with zero attached hydrogens (tertiary/aromatic N) is 1. The summed E-state index contributed by atoms with van der Waals surface area (Å²) >= 11 is 0. The number of hydrogen-bond donors (Lipinski definition) is 1. The van der Waals surface area contributed by atoms with Crippen LogP contribution in [0.2, 0.25) is 0 Å². The van der Waals surface area contributed by atoms with Gasteiger partial charge in [0, 0.05) is 26.8 Å². The lowest BCUT2D eigenvalue weighted by atomic mass is 9.89. The summed E-state index contributed by atoms with van der Waals surface area (Å²) in [6.07, 6.45) is 1.13. The van der Waals surface area contributed by atoms with Crippen LogP contribution in [-0.2, 0) is 16.1 Å². The van der Waals surface area contributed by atoms with Crippen molar-refractivity contribution in [1.29, 1.82) is 0 Å². The van der Waals surface area contributed by atoms with Crippen molar-refractivity contribution in [2.45, 2.75) is 24.9 Å². The molecule has 0 atom stereocenters. The van der Waals surface area contributed by atoms with Gasteiger partial charge in [0.25, 0.3) is 0 Å². The largest absolute Gasteiger partial charge is 0.454 e. The minimum atomic E-state index is -0.802. The fourth-order valence-electron chi connectivity index (χ4n) is 2.71. The molecule has 0 bridgehead atoms. The average Bonchev–Trinajstić information content (AvgIpc) is 2.94. The van der Waals surface area contributed by atoms with E-state index in [1.807, 2.05) is 18.2 Å². The summed E-state index contributed by atoms with van der Waals surface area (Å²) in [6.45, 7) is 1.83. The van der Waals surface area contributed by atoms with E-state index in [0.29, 0.717) is 32.6 Å². The SMILES string of the molecule is CN(Cc1ccc2c(c1)OCO2)C(=O)C1(N)CCOCC1.Cl. The number of hydrogen-bond acceptors (Lipinski definition) is 5. The zero-order valence-electron chi connectivity index (χ0n) is 12.5. The second-order valence-electron chi connectivity index (χ2n) is 5.62. The lowest BCUT2D eigenvalue weighted by Crippen LogP contribution is -2.57. The topological polar surface area (TPSA) is 74.0 Å². The zero-order chi connectivity index (χ0) is 14.9. The third kappa shape index (κ3) is 3.29. The Hall–Kier alpha value is -1.50. The molecule has 0 radical (unpaired) electrons. The van der Waals surface area contributed by atoms with Crippen molar-refractivity contribution in [3.05, 3.63) is 23.8 Å². The monoisotopic (exact) mass is 328 g/mol. The molecule has 6 nitrogen and oxygen atoms in total. The number of amides is 1. The molecule has 7 heteroatoms. The quantitative estimate of drug-likeness (QED) is 0.905. The number of benzene rings is 1. The van der Waals surface area contributed by atoms with Crippen LogP contribution in [0, 0.1) is 0 Å². The lowest BCUT2D eigenvalue weighted by Gasteiger charge is -2.35. The molecule has 122 valence electrons. The summed E-state index contributed by atoms with van der Waals surface area (Å²) in [5.41, 5.74) is 6.42. The first-order chi connectivity index (χ1) is 10.1. The number of nitrogens with two attached hydrogens (primary N) is 1. The van der Waals surface area contributed by atoms with Crippen molar-refractivity contribution in [3.8, 4) is 11.5 Å². The van der Waals surface area contributed by atoms with Crippen LogP contribution in [0.15, 0.2) is 18.2 Å². The fraction of sp³-hybridized carbons (Fsp3) is 0.533. The van der Waals surface area contributed by atoms with Crippen LogP contribution in [0.1, 0.15) is 18.4 Å².